The molecule has 0 aliphatic heterocycles. The summed E-state index contributed by atoms with van der Waals surface area (Å²) in [6.45, 7) is 3.26. The molecule has 0 heterocycles. The van der Waals surface area contributed by atoms with E-state index in [1.54, 1.807) is 0 Å². The van der Waals surface area contributed by atoms with Crippen LogP contribution in [0.4, 0.5) is 5.69 Å². The molecule has 2 heteroatoms. The average molecular weight is 296 g/mol. The van der Waals surface area contributed by atoms with Gasteiger partial charge in [-0.05, 0) is 43.4 Å². The Kier molecular flexibility index (Phi) is 4.90. The predicted octanol–water partition coefficient (Wildman–Crippen LogP) is 5.14. The van der Waals surface area contributed by atoms with Crippen LogP contribution in [0, 0.1) is 12.8 Å². The van der Waals surface area contributed by atoms with Gasteiger partial charge >= 0.3 is 0 Å². The summed E-state index contributed by atoms with van der Waals surface area (Å²) in [6, 6.07) is 6.53. The van der Waals surface area contributed by atoms with Crippen LogP contribution in [0.3, 0.4) is 0 Å². The van der Waals surface area contributed by atoms with E-state index in [0.717, 1.165) is 12.5 Å². The average Bonchev–Trinajstić information content (AvgIpc) is 2.59. The molecule has 1 saturated carbocycles. The molecule has 0 bridgehead atoms. The van der Waals surface area contributed by atoms with Crippen molar-refractivity contribution in [3.8, 4) is 0 Å². The van der Waals surface area contributed by atoms with Crippen LogP contribution in [0.5, 0.6) is 0 Å². The number of rotatable bonds is 3. The molecule has 0 radical (unpaired) electrons. The zero-order valence-electron chi connectivity index (χ0n) is 10.6. The number of hydrogen-bond acceptors (Lipinski definition) is 1. The Bertz CT molecular complexity index is 354. The third-order valence-corrected chi connectivity index (χ3v) is 4.60. The summed E-state index contributed by atoms with van der Waals surface area (Å²) in [6.07, 6.45) is 8.52. The van der Waals surface area contributed by atoms with Crippen molar-refractivity contribution in [1.29, 1.82) is 0 Å². The second-order valence-electron chi connectivity index (χ2n) is 5.20. The normalized spacial score (nSPS) is 17.8. The Morgan fingerprint density at radius 2 is 1.88 bits per heavy atom. The number of anilines is 1. The van der Waals surface area contributed by atoms with Crippen molar-refractivity contribution in [2.45, 2.75) is 45.4 Å². The lowest BCUT2D eigenvalue weighted by Crippen LogP contribution is -2.13. The van der Waals surface area contributed by atoms with Crippen molar-refractivity contribution in [1.82, 2.24) is 0 Å². The van der Waals surface area contributed by atoms with Crippen molar-refractivity contribution < 1.29 is 0 Å². The number of aryl methyl sites for hydroxylation is 1. The fourth-order valence-electron chi connectivity index (χ4n) is 2.53. The molecule has 0 unspecified atom stereocenters. The fraction of sp³-hybridized carbons (Fsp3) is 0.600. The third-order valence-electron chi connectivity index (χ3n) is 3.74. The number of hydrogen-bond donors (Lipinski definition) is 1. The highest BCUT2D eigenvalue weighted by Gasteiger charge is 2.11. The topological polar surface area (TPSA) is 12.0 Å². The minimum atomic E-state index is 0.873. The smallest absolute Gasteiger partial charge is 0.0351 e. The third kappa shape index (κ3) is 4.02. The molecule has 0 saturated heterocycles. The summed E-state index contributed by atoms with van der Waals surface area (Å²) in [5.74, 6) is 0.873. The first-order chi connectivity index (χ1) is 8.25. The Hall–Kier alpha value is -0.500. The van der Waals surface area contributed by atoms with Gasteiger partial charge in [0.05, 0.1) is 0 Å². The van der Waals surface area contributed by atoms with Gasteiger partial charge in [-0.1, -0.05) is 47.7 Å². The molecule has 1 aliphatic carbocycles. The lowest BCUT2D eigenvalue weighted by atomic mass is 10.0. The number of benzene rings is 1. The van der Waals surface area contributed by atoms with Crippen LogP contribution in [0.2, 0.25) is 0 Å². The van der Waals surface area contributed by atoms with E-state index >= 15 is 0 Å². The van der Waals surface area contributed by atoms with E-state index in [1.807, 2.05) is 0 Å². The summed E-state index contributed by atoms with van der Waals surface area (Å²) < 4.78 is 1.20. The van der Waals surface area contributed by atoms with E-state index in [2.05, 4.69) is 46.4 Å². The molecule has 1 N–H and O–H groups in total. The zero-order valence-corrected chi connectivity index (χ0v) is 12.2. The van der Waals surface area contributed by atoms with Crippen molar-refractivity contribution in [3.05, 3.63) is 28.2 Å². The maximum atomic E-state index is 3.58. The van der Waals surface area contributed by atoms with Gasteiger partial charge in [-0.15, -0.1) is 0 Å². The molecule has 1 aliphatic rings. The van der Waals surface area contributed by atoms with E-state index in [0.29, 0.717) is 0 Å². The minimum Gasteiger partial charge on any atom is -0.385 e. The van der Waals surface area contributed by atoms with Gasteiger partial charge in [0.1, 0.15) is 0 Å². The maximum Gasteiger partial charge on any atom is 0.0351 e. The largest absolute Gasteiger partial charge is 0.385 e. The molecule has 0 amide bonds. The van der Waals surface area contributed by atoms with Gasteiger partial charge in [-0.25, -0.2) is 0 Å². The maximum absolute atomic E-state index is 3.58. The summed E-state index contributed by atoms with van der Waals surface area (Å²) >= 11 is 3.58. The van der Waals surface area contributed by atoms with E-state index in [-0.39, 0.29) is 0 Å². The quantitative estimate of drug-likeness (QED) is 0.761. The van der Waals surface area contributed by atoms with E-state index in [9.17, 15) is 0 Å². The predicted molar refractivity (Wildman–Crippen MR) is 78.6 cm³/mol. The Balaban J connectivity index is 1.85. The molecule has 1 fully saturated rings. The second kappa shape index (κ2) is 6.44. The fourth-order valence-corrected chi connectivity index (χ4v) is 2.91. The monoisotopic (exact) mass is 295 g/mol. The van der Waals surface area contributed by atoms with Crippen LogP contribution < -0.4 is 5.32 Å². The van der Waals surface area contributed by atoms with Crippen molar-refractivity contribution in [2.24, 2.45) is 5.92 Å². The molecule has 0 aromatic heterocycles. The van der Waals surface area contributed by atoms with Crippen LogP contribution in [0.25, 0.3) is 0 Å². The van der Waals surface area contributed by atoms with Crippen LogP contribution in [0.1, 0.15) is 44.1 Å². The van der Waals surface area contributed by atoms with Gasteiger partial charge < -0.3 is 5.32 Å². The van der Waals surface area contributed by atoms with Crippen LogP contribution >= 0.6 is 15.9 Å². The Morgan fingerprint density at radius 1 is 1.18 bits per heavy atom. The highest BCUT2D eigenvalue weighted by atomic mass is 79.9. The number of nitrogens with one attached hydrogen (secondary N) is 1. The van der Waals surface area contributed by atoms with Gasteiger partial charge in [0.2, 0.25) is 0 Å². The Morgan fingerprint density at radius 3 is 2.53 bits per heavy atom. The van der Waals surface area contributed by atoms with Crippen molar-refractivity contribution in [3.63, 3.8) is 0 Å². The summed E-state index contributed by atoms with van der Waals surface area (Å²) in [5, 5.41) is 3.58. The van der Waals surface area contributed by atoms with E-state index in [1.165, 1.54) is 54.2 Å². The van der Waals surface area contributed by atoms with Gasteiger partial charge in [-0.3, -0.25) is 0 Å². The van der Waals surface area contributed by atoms with Gasteiger partial charge in [0, 0.05) is 16.7 Å². The minimum absolute atomic E-state index is 0.873. The summed E-state index contributed by atoms with van der Waals surface area (Å²) in [5.41, 5.74) is 2.54. The Labute approximate surface area is 113 Å². The summed E-state index contributed by atoms with van der Waals surface area (Å²) in [7, 11) is 0. The standard InChI is InChI=1S/C15H22BrN/c1-12-8-9-14(10-15(12)16)17-11-13-6-4-2-3-5-7-13/h8-10,13,17H,2-7,11H2,1H3. The summed E-state index contributed by atoms with van der Waals surface area (Å²) in [4.78, 5) is 0. The molecule has 2 rings (SSSR count). The van der Waals surface area contributed by atoms with Gasteiger partial charge in [0.15, 0.2) is 0 Å². The highest BCUT2D eigenvalue weighted by Crippen LogP contribution is 2.24. The molecule has 94 valence electrons. The zero-order chi connectivity index (χ0) is 12.1. The molecule has 0 atom stereocenters. The van der Waals surface area contributed by atoms with Crippen molar-refractivity contribution in [2.75, 3.05) is 11.9 Å². The molecular formula is C15H22BrN. The molecule has 1 aromatic rings. The molecular weight excluding hydrogens is 274 g/mol. The van der Waals surface area contributed by atoms with Crippen LogP contribution in [0.15, 0.2) is 22.7 Å². The van der Waals surface area contributed by atoms with E-state index < -0.39 is 0 Å². The SMILES string of the molecule is Cc1ccc(NCC2CCCCCC2)cc1Br. The van der Waals surface area contributed by atoms with E-state index in [4.69, 9.17) is 0 Å². The van der Waals surface area contributed by atoms with Crippen LogP contribution in [-0.2, 0) is 0 Å². The first-order valence-electron chi connectivity index (χ1n) is 6.76. The lowest BCUT2D eigenvalue weighted by Gasteiger charge is -2.16. The van der Waals surface area contributed by atoms with Gasteiger partial charge in [-0.2, -0.15) is 0 Å². The number of halogens is 1. The second-order valence-corrected chi connectivity index (χ2v) is 6.06. The van der Waals surface area contributed by atoms with Crippen LogP contribution in [-0.4, -0.2) is 6.54 Å². The van der Waals surface area contributed by atoms with Crippen molar-refractivity contribution >= 4 is 21.6 Å². The first kappa shape index (κ1) is 12.9. The first-order valence-corrected chi connectivity index (χ1v) is 7.55. The highest BCUT2D eigenvalue weighted by molar-refractivity contribution is 9.10. The molecule has 0 spiro atoms. The molecule has 1 nitrogen and oxygen atoms in total. The molecule has 1 aromatic carbocycles. The van der Waals surface area contributed by atoms with Gasteiger partial charge in [0.25, 0.3) is 0 Å². The lowest BCUT2D eigenvalue weighted by molar-refractivity contribution is 0.483. The molecule has 17 heavy (non-hydrogen) atoms.